The van der Waals surface area contributed by atoms with Crippen molar-refractivity contribution >= 4 is 0 Å². The molecule has 0 saturated carbocycles. The average Bonchev–Trinajstić information content (AvgIpc) is 1.97. The second-order valence-corrected chi connectivity index (χ2v) is 5.75. The molecule has 0 nitrogen and oxygen atoms in total. The smallest absolute Gasteiger partial charge is 0.0310 e. The summed E-state index contributed by atoms with van der Waals surface area (Å²) in [6, 6.07) is 0. The van der Waals surface area contributed by atoms with Gasteiger partial charge in [0.15, 0.2) is 0 Å². The van der Waals surface area contributed by atoms with Gasteiger partial charge in [0.05, 0.1) is 0 Å². The van der Waals surface area contributed by atoms with Gasteiger partial charge in [-0.15, -0.1) is 0 Å². The van der Waals surface area contributed by atoms with Gasteiger partial charge in [-0.3, -0.25) is 0 Å². The zero-order valence-electron chi connectivity index (χ0n) is 11.0. The van der Waals surface area contributed by atoms with E-state index in [1.807, 2.05) is 0 Å². The third-order valence-corrected chi connectivity index (χ3v) is 3.19. The van der Waals surface area contributed by atoms with Gasteiger partial charge in [-0.25, -0.2) is 0 Å². The molecule has 0 bridgehead atoms. The first kappa shape index (κ1) is 13.3. The second kappa shape index (κ2) is 4.22. The predicted molar refractivity (Wildman–Crippen MR) is 65.1 cm³/mol. The first-order chi connectivity index (χ1) is 6.08. The number of hydrogen-bond donors (Lipinski definition) is 0. The molecule has 0 aliphatic carbocycles. The van der Waals surface area contributed by atoms with Crippen LogP contribution in [-0.4, -0.2) is 0 Å². The summed E-state index contributed by atoms with van der Waals surface area (Å²) < 4.78 is 0. The molecule has 0 N–H and O–H groups in total. The lowest BCUT2D eigenvalue weighted by Gasteiger charge is -2.34. The van der Waals surface area contributed by atoms with Crippen LogP contribution in [0.1, 0.15) is 55.4 Å². The Morgan fingerprint density at radius 1 is 0.857 bits per heavy atom. The Hall–Kier alpha value is -0.700. The van der Waals surface area contributed by atoms with Crippen LogP contribution in [0.25, 0.3) is 0 Å². The summed E-state index contributed by atoms with van der Waals surface area (Å²) in [7, 11) is 0. The van der Waals surface area contributed by atoms with Crippen LogP contribution in [0.15, 0.2) is 11.1 Å². The summed E-state index contributed by atoms with van der Waals surface area (Å²) in [5.41, 5.74) is 2.79. The van der Waals surface area contributed by atoms with Gasteiger partial charge in [-0.1, -0.05) is 38.2 Å². The molecule has 0 amide bonds. The van der Waals surface area contributed by atoms with Crippen LogP contribution >= 0.6 is 0 Å². The van der Waals surface area contributed by atoms with E-state index in [9.17, 15) is 0 Å². The van der Waals surface area contributed by atoms with E-state index in [0.717, 1.165) is 0 Å². The average molecular weight is 192 g/mol. The molecule has 14 heavy (non-hydrogen) atoms. The highest BCUT2D eigenvalue weighted by Gasteiger charge is 2.30. The van der Waals surface area contributed by atoms with Gasteiger partial charge >= 0.3 is 0 Å². The van der Waals surface area contributed by atoms with E-state index in [2.05, 4.69) is 67.2 Å². The van der Waals surface area contributed by atoms with Crippen molar-refractivity contribution in [2.75, 3.05) is 0 Å². The van der Waals surface area contributed by atoms with Gasteiger partial charge in [-0.05, 0) is 45.6 Å². The number of allylic oxidation sites excluding steroid dienone is 2. The first-order valence-corrected chi connectivity index (χ1v) is 5.25. The van der Waals surface area contributed by atoms with Crippen molar-refractivity contribution in [1.82, 2.24) is 0 Å². The Labute approximate surface area is 89.8 Å². The molecule has 0 aromatic carbocycles. The molecule has 0 aliphatic rings. The lowest BCUT2D eigenvalue weighted by molar-refractivity contribution is 0.205. The van der Waals surface area contributed by atoms with Crippen LogP contribution in [0, 0.1) is 22.7 Å². The van der Waals surface area contributed by atoms with Crippen molar-refractivity contribution in [3.8, 4) is 11.8 Å². The van der Waals surface area contributed by atoms with Gasteiger partial charge < -0.3 is 0 Å². The van der Waals surface area contributed by atoms with E-state index in [-0.39, 0.29) is 10.8 Å². The third-order valence-electron chi connectivity index (χ3n) is 3.19. The highest BCUT2D eigenvalue weighted by atomic mass is 14.3. The van der Waals surface area contributed by atoms with Gasteiger partial charge in [0, 0.05) is 5.41 Å². The molecule has 0 aliphatic heterocycles. The van der Waals surface area contributed by atoms with Gasteiger partial charge in [0.25, 0.3) is 0 Å². The minimum atomic E-state index is 0.0592. The Balaban J connectivity index is 4.94. The molecule has 0 saturated heterocycles. The van der Waals surface area contributed by atoms with Crippen LogP contribution in [0.5, 0.6) is 0 Å². The maximum absolute atomic E-state index is 3.37. The molecule has 0 aromatic heterocycles. The highest BCUT2D eigenvalue weighted by Crippen LogP contribution is 2.37. The van der Waals surface area contributed by atoms with Crippen molar-refractivity contribution in [2.24, 2.45) is 10.8 Å². The number of hydrogen-bond acceptors (Lipinski definition) is 0. The molecule has 0 rings (SSSR count). The molecular weight excluding hydrogens is 168 g/mol. The Kier molecular flexibility index (Phi) is 4.01. The predicted octanol–water partition coefficient (Wildman–Crippen LogP) is 4.42. The van der Waals surface area contributed by atoms with Crippen LogP contribution in [0.4, 0.5) is 0 Å². The van der Waals surface area contributed by atoms with Crippen LogP contribution < -0.4 is 0 Å². The molecule has 0 fully saturated rings. The first-order valence-electron chi connectivity index (χ1n) is 5.25. The summed E-state index contributed by atoms with van der Waals surface area (Å²) in [6.45, 7) is 17.4. The summed E-state index contributed by atoms with van der Waals surface area (Å²) in [5.74, 6) is 6.63. The van der Waals surface area contributed by atoms with Crippen molar-refractivity contribution in [3.05, 3.63) is 11.1 Å². The van der Waals surface area contributed by atoms with E-state index < -0.39 is 0 Å². The van der Waals surface area contributed by atoms with Crippen LogP contribution in [0.3, 0.4) is 0 Å². The van der Waals surface area contributed by atoms with Crippen LogP contribution in [0.2, 0.25) is 0 Å². The Bertz CT molecular complexity index is 280. The Morgan fingerprint density at radius 3 is 1.57 bits per heavy atom. The normalized spacial score (nSPS) is 11.7. The van der Waals surface area contributed by atoms with Gasteiger partial charge in [0.1, 0.15) is 0 Å². The van der Waals surface area contributed by atoms with E-state index in [0.29, 0.717) is 0 Å². The molecule has 0 radical (unpaired) electrons. The highest BCUT2D eigenvalue weighted by molar-refractivity contribution is 5.32. The van der Waals surface area contributed by atoms with E-state index in [1.165, 1.54) is 11.1 Å². The molecule has 0 aromatic rings. The monoisotopic (exact) mass is 192 g/mol. The SMILES string of the molecule is CC(C)=C(C)C#CC(C)(C)C(C)(C)C. The van der Waals surface area contributed by atoms with Crippen molar-refractivity contribution < 1.29 is 0 Å². The van der Waals surface area contributed by atoms with Crippen molar-refractivity contribution in [1.29, 1.82) is 0 Å². The minimum absolute atomic E-state index is 0.0592. The lowest BCUT2D eigenvalue weighted by atomic mass is 9.70. The van der Waals surface area contributed by atoms with Crippen molar-refractivity contribution in [3.63, 3.8) is 0 Å². The lowest BCUT2D eigenvalue weighted by Crippen LogP contribution is -2.27. The van der Waals surface area contributed by atoms with E-state index in [1.54, 1.807) is 0 Å². The largest absolute Gasteiger partial charge is 0.0915 e. The summed E-state index contributed by atoms with van der Waals surface area (Å²) in [4.78, 5) is 0. The third kappa shape index (κ3) is 3.58. The molecule has 0 heterocycles. The molecule has 0 heteroatoms. The molecule has 0 atom stereocenters. The zero-order valence-corrected chi connectivity index (χ0v) is 11.0. The fourth-order valence-electron chi connectivity index (χ4n) is 0.562. The van der Waals surface area contributed by atoms with Crippen molar-refractivity contribution in [2.45, 2.75) is 55.4 Å². The van der Waals surface area contributed by atoms with E-state index in [4.69, 9.17) is 0 Å². The standard InChI is InChI=1S/C14H24/c1-11(2)12(3)9-10-14(7,8)13(4,5)6/h1-8H3. The van der Waals surface area contributed by atoms with E-state index >= 15 is 0 Å². The quantitative estimate of drug-likeness (QED) is 0.498. The minimum Gasteiger partial charge on any atom is -0.0915 e. The van der Waals surface area contributed by atoms with Gasteiger partial charge in [-0.2, -0.15) is 0 Å². The fraction of sp³-hybridized carbons (Fsp3) is 0.714. The van der Waals surface area contributed by atoms with Gasteiger partial charge in [0.2, 0.25) is 0 Å². The Morgan fingerprint density at radius 2 is 1.29 bits per heavy atom. The maximum Gasteiger partial charge on any atom is 0.0310 e. The second-order valence-electron chi connectivity index (χ2n) is 5.75. The summed E-state index contributed by atoms with van der Waals surface area (Å²) in [5, 5.41) is 0. The molecular formula is C14H24. The summed E-state index contributed by atoms with van der Waals surface area (Å²) in [6.07, 6.45) is 0. The topological polar surface area (TPSA) is 0 Å². The molecule has 0 unspecified atom stereocenters. The zero-order chi connectivity index (χ0) is 11.6. The fourth-order valence-corrected chi connectivity index (χ4v) is 0.562. The summed E-state index contributed by atoms with van der Waals surface area (Å²) >= 11 is 0. The molecule has 0 spiro atoms. The van der Waals surface area contributed by atoms with Crippen LogP contribution in [-0.2, 0) is 0 Å². The maximum atomic E-state index is 3.37. The molecule has 80 valence electrons. The number of rotatable bonds is 0.